The summed E-state index contributed by atoms with van der Waals surface area (Å²) in [5, 5.41) is 2.92. The number of anilines is 2. The Labute approximate surface area is 153 Å². The molecule has 0 radical (unpaired) electrons. The number of nitrogens with one attached hydrogen (secondary N) is 1. The maximum Gasteiger partial charge on any atom is 0.228 e. The maximum absolute atomic E-state index is 12.2. The van der Waals surface area contributed by atoms with E-state index in [1.54, 1.807) is 6.20 Å². The largest absolute Gasteiger partial charge is 0.352 e. The second-order valence-corrected chi connectivity index (χ2v) is 6.56. The zero-order chi connectivity index (χ0) is 17.8. The lowest BCUT2D eigenvalue weighted by Gasteiger charge is -2.29. The van der Waals surface area contributed by atoms with Crippen molar-refractivity contribution in [3.63, 3.8) is 0 Å². The molecule has 4 heteroatoms. The van der Waals surface area contributed by atoms with Gasteiger partial charge in [-0.25, -0.2) is 4.98 Å². The van der Waals surface area contributed by atoms with Crippen molar-refractivity contribution < 1.29 is 4.79 Å². The first-order valence-electron chi connectivity index (χ1n) is 8.89. The molecule has 0 saturated heterocycles. The molecule has 1 aliphatic heterocycles. The number of carbonyl (C=O) groups is 1. The number of fused-ring (bicyclic) bond motifs is 1. The van der Waals surface area contributed by atoms with E-state index < -0.39 is 0 Å². The summed E-state index contributed by atoms with van der Waals surface area (Å²) in [6, 6.07) is 22.2. The summed E-state index contributed by atoms with van der Waals surface area (Å²) in [4.78, 5) is 19.0. The van der Waals surface area contributed by atoms with Crippen molar-refractivity contribution in [2.24, 2.45) is 0 Å². The number of benzene rings is 2. The number of hydrogen-bond acceptors (Lipinski definition) is 3. The van der Waals surface area contributed by atoms with Crippen LogP contribution < -0.4 is 10.2 Å². The van der Waals surface area contributed by atoms with Gasteiger partial charge in [0, 0.05) is 13.1 Å². The van der Waals surface area contributed by atoms with Crippen LogP contribution in [0.2, 0.25) is 0 Å². The van der Waals surface area contributed by atoms with Crippen molar-refractivity contribution in [2.45, 2.75) is 19.4 Å². The minimum atomic E-state index is -0.0300. The monoisotopic (exact) mass is 343 g/mol. The quantitative estimate of drug-likeness (QED) is 0.783. The highest BCUT2D eigenvalue weighted by atomic mass is 16.1. The molecule has 1 amide bonds. The Morgan fingerprint density at radius 1 is 0.962 bits per heavy atom. The van der Waals surface area contributed by atoms with Crippen LogP contribution in [0.15, 0.2) is 72.9 Å². The fraction of sp³-hybridized carbons (Fsp3) is 0.182. The van der Waals surface area contributed by atoms with Gasteiger partial charge in [-0.3, -0.25) is 4.79 Å². The SMILES string of the molecule is O=C(Cc1ccccc1)Nc1ccc(N2CCc3ccccc3C2)nc1. The highest BCUT2D eigenvalue weighted by Crippen LogP contribution is 2.23. The molecule has 3 aromatic rings. The predicted octanol–water partition coefficient (Wildman–Crippen LogP) is 3.83. The second kappa shape index (κ2) is 7.40. The Hall–Kier alpha value is -3.14. The van der Waals surface area contributed by atoms with Crippen molar-refractivity contribution in [1.82, 2.24) is 4.98 Å². The van der Waals surface area contributed by atoms with Gasteiger partial charge in [-0.2, -0.15) is 0 Å². The number of hydrogen-bond donors (Lipinski definition) is 1. The number of nitrogens with zero attached hydrogens (tertiary/aromatic N) is 2. The minimum Gasteiger partial charge on any atom is -0.352 e. The summed E-state index contributed by atoms with van der Waals surface area (Å²) in [6.07, 6.45) is 3.14. The van der Waals surface area contributed by atoms with Crippen molar-refractivity contribution in [2.75, 3.05) is 16.8 Å². The van der Waals surface area contributed by atoms with Crippen molar-refractivity contribution in [3.05, 3.63) is 89.6 Å². The first-order chi connectivity index (χ1) is 12.8. The highest BCUT2D eigenvalue weighted by Gasteiger charge is 2.16. The van der Waals surface area contributed by atoms with Gasteiger partial charge in [-0.1, -0.05) is 54.6 Å². The Balaban J connectivity index is 1.39. The average Bonchev–Trinajstić information content (AvgIpc) is 2.69. The Kier molecular flexibility index (Phi) is 4.65. The molecule has 4 rings (SSSR count). The van der Waals surface area contributed by atoms with Gasteiger partial charge in [0.25, 0.3) is 0 Å². The van der Waals surface area contributed by atoms with E-state index in [2.05, 4.69) is 39.5 Å². The van der Waals surface area contributed by atoms with Crippen LogP contribution in [0.25, 0.3) is 0 Å². The van der Waals surface area contributed by atoms with E-state index in [0.717, 1.165) is 36.6 Å². The Morgan fingerprint density at radius 2 is 1.73 bits per heavy atom. The van der Waals surface area contributed by atoms with Crippen LogP contribution in [0.5, 0.6) is 0 Å². The van der Waals surface area contributed by atoms with Crippen LogP contribution in [0.1, 0.15) is 16.7 Å². The topological polar surface area (TPSA) is 45.2 Å². The fourth-order valence-corrected chi connectivity index (χ4v) is 3.32. The molecule has 4 nitrogen and oxygen atoms in total. The number of carbonyl (C=O) groups excluding carboxylic acids is 1. The van der Waals surface area contributed by atoms with E-state index >= 15 is 0 Å². The standard InChI is InChI=1S/C22H21N3O/c26-22(14-17-6-2-1-3-7-17)24-20-10-11-21(23-15-20)25-13-12-18-8-4-5-9-19(18)16-25/h1-11,15H,12-14,16H2,(H,24,26). The number of pyridine rings is 1. The molecule has 130 valence electrons. The van der Waals surface area contributed by atoms with Gasteiger partial charge >= 0.3 is 0 Å². The molecule has 0 unspecified atom stereocenters. The molecule has 0 atom stereocenters. The third kappa shape index (κ3) is 3.75. The third-order valence-electron chi connectivity index (χ3n) is 4.69. The van der Waals surface area contributed by atoms with E-state index in [0.29, 0.717) is 6.42 Å². The van der Waals surface area contributed by atoms with Gasteiger partial charge in [0.1, 0.15) is 5.82 Å². The van der Waals surface area contributed by atoms with Crippen LogP contribution >= 0.6 is 0 Å². The predicted molar refractivity (Wildman–Crippen MR) is 104 cm³/mol. The second-order valence-electron chi connectivity index (χ2n) is 6.56. The first kappa shape index (κ1) is 16.3. The minimum absolute atomic E-state index is 0.0300. The molecular weight excluding hydrogens is 322 g/mol. The van der Waals surface area contributed by atoms with Gasteiger partial charge in [-0.15, -0.1) is 0 Å². The summed E-state index contributed by atoms with van der Waals surface area (Å²) in [7, 11) is 0. The number of rotatable bonds is 4. The molecule has 0 saturated carbocycles. The van der Waals surface area contributed by atoms with Crippen LogP contribution in [0.4, 0.5) is 11.5 Å². The van der Waals surface area contributed by atoms with Crippen LogP contribution in [-0.4, -0.2) is 17.4 Å². The highest BCUT2D eigenvalue weighted by molar-refractivity contribution is 5.92. The van der Waals surface area contributed by atoms with Crippen LogP contribution in [0, 0.1) is 0 Å². The van der Waals surface area contributed by atoms with Gasteiger partial charge in [0.15, 0.2) is 0 Å². The van der Waals surface area contributed by atoms with Crippen LogP contribution in [-0.2, 0) is 24.2 Å². The van der Waals surface area contributed by atoms with E-state index in [1.807, 2.05) is 42.5 Å². The summed E-state index contributed by atoms with van der Waals surface area (Å²) in [5.41, 5.74) is 4.52. The lowest BCUT2D eigenvalue weighted by molar-refractivity contribution is -0.115. The zero-order valence-electron chi connectivity index (χ0n) is 14.6. The third-order valence-corrected chi connectivity index (χ3v) is 4.69. The molecule has 0 bridgehead atoms. The van der Waals surface area contributed by atoms with E-state index in [9.17, 15) is 4.79 Å². The molecular formula is C22H21N3O. The number of aromatic nitrogens is 1. The smallest absolute Gasteiger partial charge is 0.228 e. The fourth-order valence-electron chi connectivity index (χ4n) is 3.32. The molecule has 2 aromatic carbocycles. The van der Waals surface area contributed by atoms with Crippen molar-refractivity contribution in [1.29, 1.82) is 0 Å². The summed E-state index contributed by atoms with van der Waals surface area (Å²) >= 11 is 0. The van der Waals surface area contributed by atoms with Gasteiger partial charge in [0.05, 0.1) is 18.3 Å². The molecule has 0 spiro atoms. The summed E-state index contributed by atoms with van der Waals surface area (Å²) in [6.45, 7) is 1.84. The van der Waals surface area contributed by atoms with Crippen molar-refractivity contribution >= 4 is 17.4 Å². The molecule has 0 aliphatic carbocycles. The van der Waals surface area contributed by atoms with Gasteiger partial charge in [-0.05, 0) is 35.2 Å². The van der Waals surface area contributed by atoms with Gasteiger partial charge in [0.2, 0.25) is 5.91 Å². The Bertz CT molecular complexity index is 891. The van der Waals surface area contributed by atoms with E-state index in [4.69, 9.17) is 0 Å². The van der Waals surface area contributed by atoms with Crippen LogP contribution in [0.3, 0.4) is 0 Å². The van der Waals surface area contributed by atoms with E-state index in [1.165, 1.54) is 11.1 Å². The molecule has 26 heavy (non-hydrogen) atoms. The molecule has 1 aromatic heterocycles. The van der Waals surface area contributed by atoms with Gasteiger partial charge < -0.3 is 10.2 Å². The van der Waals surface area contributed by atoms with E-state index in [-0.39, 0.29) is 5.91 Å². The number of amides is 1. The zero-order valence-corrected chi connectivity index (χ0v) is 14.6. The average molecular weight is 343 g/mol. The molecule has 2 heterocycles. The lowest BCUT2D eigenvalue weighted by Crippen LogP contribution is -2.30. The summed E-state index contributed by atoms with van der Waals surface area (Å²) < 4.78 is 0. The molecule has 0 fully saturated rings. The lowest BCUT2D eigenvalue weighted by atomic mass is 10.00. The molecule has 1 N–H and O–H groups in total. The first-order valence-corrected chi connectivity index (χ1v) is 8.89. The summed E-state index contributed by atoms with van der Waals surface area (Å²) in [5.74, 6) is 0.915. The normalized spacial score (nSPS) is 13.2. The van der Waals surface area contributed by atoms with Crippen molar-refractivity contribution in [3.8, 4) is 0 Å². The Morgan fingerprint density at radius 3 is 2.50 bits per heavy atom. The maximum atomic E-state index is 12.2. The molecule has 1 aliphatic rings.